The van der Waals surface area contributed by atoms with Gasteiger partial charge in [0.25, 0.3) is 0 Å². The molecule has 14 heteroatoms. The van der Waals surface area contributed by atoms with Gasteiger partial charge in [0, 0.05) is 50.3 Å². The molecule has 0 spiro atoms. The summed E-state index contributed by atoms with van der Waals surface area (Å²) in [6, 6.07) is 5.76. The Morgan fingerprint density at radius 2 is 1.73 bits per heavy atom. The zero-order valence-corrected chi connectivity index (χ0v) is 29.2. The molecule has 1 N–H and O–H groups in total. The lowest BCUT2D eigenvalue weighted by molar-refractivity contribution is 0.0159. The van der Waals surface area contributed by atoms with E-state index in [0.29, 0.717) is 46.9 Å². The fourth-order valence-electron chi connectivity index (χ4n) is 6.43. The molecule has 2 aromatic carbocycles. The lowest BCUT2D eigenvalue weighted by Gasteiger charge is -2.34. The molecule has 1 amide bonds. The second-order valence-electron chi connectivity index (χ2n) is 13.4. The number of anilines is 1. The highest BCUT2D eigenvalue weighted by Gasteiger charge is 2.39. The van der Waals surface area contributed by atoms with Gasteiger partial charge in [0.05, 0.1) is 43.4 Å². The predicted molar refractivity (Wildman–Crippen MR) is 180 cm³/mol. The van der Waals surface area contributed by atoms with Crippen LogP contribution in [0.2, 0.25) is 0 Å². The number of halogens is 2. The molecule has 4 aromatic rings. The van der Waals surface area contributed by atoms with E-state index >= 15 is 4.39 Å². The van der Waals surface area contributed by atoms with Gasteiger partial charge in [-0.15, -0.1) is 0 Å². The van der Waals surface area contributed by atoms with Crippen molar-refractivity contribution in [3.63, 3.8) is 0 Å². The Kier molecular flexibility index (Phi) is 8.29. The first-order chi connectivity index (χ1) is 22.6. The summed E-state index contributed by atoms with van der Waals surface area (Å²) < 4.78 is 58.8. The number of hydrogen-bond donors (Lipinski definition) is 1. The van der Waals surface area contributed by atoms with Crippen molar-refractivity contribution >= 4 is 21.5 Å². The van der Waals surface area contributed by atoms with Gasteiger partial charge in [0.15, 0.2) is 5.82 Å². The zero-order chi connectivity index (χ0) is 34.9. The van der Waals surface area contributed by atoms with Crippen LogP contribution in [0.15, 0.2) is 50.7 Å². The molecular weight excluding hydrogens is 640 g/mol. The Balaban J connectivity index is 1.54. The maximum Gasteiger partial charge on any atom is 0.410 e. The van der Waals surface area contributed by atoms with Gasteiger partial charge >= 0.3 is 11.8 Å². The smallest absolute Gasteiger partial charge is 0.410 e. The molecule has 256 valence electrons. The van der Waals surface area contributed by atoms with E-state index < -0.39 is 39.0 Å². The number of nitrogens with one attached hydrogen (secondary N) is 1. The van der Waals surface area contributed by atoms with Crippen molar-refractivity contribution in [2.45, 2.75) is 82.6 Å². The predicted octanol–water partition coefficient (Wildman–Crippen LogP) is 6.22. The van der Waals surface area contributed by atoms with E-state index in [0.717, 1.165) is 12.8 Å². The summed E-state index contributed by atoms with van der Waals surface area (Å²) in [5, 5.41) is 7.59. The van der Waals surface area contributed by atoms with Gasteiger partial charge in [0.2, 0.25) is 0 Å². The highest BCUT2D eigenvalue weighted by Crippen LogP contribution is 2.40. The molecule has 11 nitrogen and oxygen atoms in total. The van der Waals surface area contributed by atoms with E-state index in [1.54, 1.807) is 62.4 Å². The summed E-state index contributed by atoms with van der Waals surface area (Å²) >= 11 is 0. The summed E-state index contributed by atoms with van der Waals surface area (Å²) in [4.78, 5) is 29.5. The molecule has 0 saturated heterocycles. The Morgan fingerprint density at radius 3 is 2.31 bits per heavy atom. The molecule has 3 heterocycles. The van der Waals surface area contributed by atoms with Gasteiger partial charge in [0.1, 0.15) is 17.2 Å². The van der Waals surface area contributed by atoms with Crippen LogP contribution in [0, 0.1) is 25.5 Å². The van der Waals surface area contributed by atoms with Gasteiger partial charge in [-0.25, -0.2) is 31.6 Å². The second kappa shape index (κ2) is 11.9. The van der Waals surface area contributed by atoms with Crippen molar-refractivity contribution < 1.29 is 22.5 Å². The first-order valence-corrected chi connectivity index (χ1v) is 17.5. The van der Waals surface area contributed by atoms with E-state index in [9.17, 15) is 18.2 Å². The zero-order valence-electron chi connectivity index (χ0n) is 28.4. The number of aryl methyl sites for hydroxylation is 2. The summed E-state index contributed by atoms with van der Waals surface area (Å²) in [7, 11) is 0.167. The first kappa shape index (κ1) is 33.4. The van der Waals surface area contributed by atoms with Crippen LogP contribution in [0.3, 0.4) is 0 Å². The van der Waals surface area contributed by atoms with Crippen molar-refractivity contribution in [1.29, 1.82) is 0 Å². The number of imidazole rings is 1. The van der Waals surface area contributed by atoms with E-state index in [1.807, 2.05) is 6.92 Å². The average molecular weight is 682 g/mol. The molecule has 1 saturated carbocycles. The van der Waals surface area contributed by atoms with Crippen molar-refractivity contribution in [3.8, 4) is 17.2 Å². The van der Waals surface area contributed by atoms with Crippen LogP contribution in [0.25, 0.3) is 17.2 Å². The topological polar surface area (TPSA) is 116 Å². The number of hydrogen-bond acceptors (Lipinski definition) is 7. The van der Waals surface area contributed by atoms with Gasteiger partial charge in [-0.3, -0.25) is 9.13 Å². The lowest BCUT2D eigenvalue weighted by Crippen LogP contribution is -2.42. The fraction of sp³-hybridized carbons (Fsp3) is 0.441. The van der Waals surface area contributed by atoms with Gasteiger partial charge in [-0.05, 0) is 89.8 Å². The van der Waals surface area contributed by atoms with Gasteiger partial charge in [-0.1, -0.05) is 0 Å². The van der Waals surface area contributed by atoms with Crippen LogP contribution in [-0.4, -0.2) is 65.6 Å². The van der Waals surface area contributed by atoms with Crippen LogP contribution >= 0.6 is 0 Å². The van der Waals surface area contributed by atoms with E-state index in [-0.39, 0.29) is 27.3 Å². The van der Waals surface area contributed by atoms with E-state index in [4.69, 9.17) is 9.84 Å². The summed E-state index contributed by atoms with van der Waals surface area (Å²) in [6.07, 6.45) is 4.35. The fourth-order valence-corrected chi connectivity index (χ4v) is 8.80. The van der Waals surface area contributed by atoms with Gasteiger partial charge < -0.3 is 15.0 Å². The Bertz CT molecular complexity index is 2110. The van der Waals surface area contributed by atoms with Crippen molar-refractivity contribution in [2.75, 3.05) is 26.0 Å². The molecule has 1 aliphatic carbocycles. The summed E-state index contributed by atoms with van der Waals surface area (Å²) in [5.74, 6) is -0.741. The minimum absolute atomic E-state index is 0.0240. The van der Waals surface area contributed by atoms with Crippen LogP contribution in [-0.2, 0) is 20.9 Å². The Morgan fingerprint density at radius 1 is 1.08 bits per heavy atom. The van der Waals surface area contributed by atoms with E-state index in [2.05, 4.69) is 9.68 Å². The van der Waals surface area contributed by atoms with Crippen molar-refractivity contribution in [1.82, 2.24) is 23.8 Å². The molecule has 1 fully saturated rings. The van der Waals surface area contributed by atoms with E-state index in [1.165, 1.54) is 41.7 Å². The normalized spacial score (nSPS) is 17.5. The second-order valence-corrected chi connectivity index (χ2v) is 16.0. The summed E-state index contributed by atoms with van der Waals surface area (Å²) in [6.45, 7) is 10.9. The number of rotatable bonds is 6. The Hall–Kier alpha value is -4.46. The first-order valence-electron chi connectivity index (χ1n) is 15.9. The van der Waals surface area contributed by atoms with Crippen molar-refractivity contribution in [3.05, 3.63) is 81.2 Å². The maximum absolute atomic E-state index is 16.3. The van der Waals surface area contributed by atoms with Crippen LogP contribution in [0.5, 0.6) is 0 Å². The molecule has 48 heavy (non-hydrogen) atoms. The number of aromatic nitrogens is 4. The highest BCUT2D eigenvalue weighted by atomic mass is 32.2. The number of nitrogens with zero attached hydrogens (tertiary/aromatic N) is 6. The molecule has 2 atom stereocenters. The third-order valence-corrected chi connectivity index (χ3v) is 11.8. The number of ether oxygens (including phenoxy) is 1. The Labute approximate surface area is 278 Å². The average Bonchev–Trinajstić information content (AvgIpc) is 3.72. The van der Waals surface area contributed by atoms with Crippen molar-refractivity contribution in [2.24, 2.45) is 4.36 Å². The third-order valence-electron chi connectivity index (χ3n) is 8.90. The number of benzene rings is 2. The molecule has 0 radical (unpaired) electrons. The number of carbonyl (C=O) groups is 1. The quantitative estimate of drug-likeness (QED) is 0.258. The lowest BCUT2D eigenvalue weighted by atomic mass is 10.00. The summed E-state index contributed by atoms with van der Waals surface area (Å²) in [5.41, 5.74) is 1.28. The standard InChI is InChI=1S/C34H41F2N7O4S/c1-19-17-22(18-20(2)28(19)35)43-31(27-21(3)40(14-13-24(27)39-43)33(45)47-34(4,5)6)42-16-15-41(32(42)44)25-11-12-26(30(37-7)29(25)36)48(46,38-8)23-9-10-23/h11-12,15-18,21,23,37H,9-10,13-14H2,1-8H3/t21-,48?/m0/s1. The number of amides is 1. The number of fused-ring (bicyclic) bond motifs is 1. The monoisotopic (exact) mass is 681 g/mol. The van der Waals surface area contributed by atoms with Crippen LogP contribution in [0.1, 0.15) is 69.0 Å². The van der Waals surface area contributed by atoms with Crippen LogP contribution < -0.4 is 11.0 Å². The molecule has 6 rings (SSSR count). The molecule has 1 aliphatic heterocycles. The minimum Gasteiger partial charge on any atom is -0.444 e. The number of carbonyl (C=O) groups excluding carboxylic acids is 1. The SMILES string of the molecule is CN=S(=O)(c1ccc(-n2ccn(-c3c4c(nn3-c3cc(C)c(F)c(C)c3)CCN(C(=O)OC(C)(C)C)[C@H]4C)c2=O)c(F)c1NC)C1CC1. The third kappa shape index (κ3) is 5.49. The highest BCUT2D eigenvalue weighted by molar-refractivity contribution is 7.94. The molecule has 1 unspecified atom stereocenters. The van der Waals surface area contributed by atoms with Gasteiger partial charge in [-0.2, -0.15) is 5.10 Å². The maximum atomic E-state index is 16.3. The molecule has 0 bridgehead atoms. The molecule has 2 aromatic heterocycles. The molecular formula is C34H41F2N7O4S. The minimum atomic E-state index is -2.85. The molecule has 2 aliphatic rings. The van der Waals surface area contributed by atoms with Crippen LogP contribution in [0.4, 0.5) is 19.3 Å². The largest absolute Gasteiger partial charge is 0.444 e.